The second kappa shape index (κ2) is 13.0. The zero-order chi connectivity index (χ0) is 20.2. The lowest BCUT2D eigenvalue weighted by atomic mass is 9.86. The molecule has 0 radical (unpaired) electrons. The summed E-state index contributed by atoms with van der Waals surface area (Å²) in [7, 11) is 1.36. The van der Waals surface area contributed by atoms with Crippen LogP contribution in [0.2, 0.25) is 0 Å². The number of ketones is 1. The number of hydrogen-bond acceptors (Lipinski definition) is 6. The number of carbonyl (C=O) groups is 2. The predicted molar refractivity (Wildman–Crippen MR) is 103 cm³/mol. The minimum atomic E-state index is -0.820. The summed E-state index contributed by atoms with van der Waals surface area (Å²) in [6.07, 6.45) is 7.90. The third-order valence-corrected chi connectivity index (χ3v) is 5.32. The van der Waals surface area contributed by atoms with Gasteiger partial charge in [0.2, 0.25) is 0 Å². The van der Waals surface area contributed by atoms with Crippen LogP contribution in [0.4, 0.5) is 0 Å². The molecule has 1 rings (SSSR count). The van der Waals surface area contributed by atoms with E-state index in [9.17, 15) is 24.9 Å². The Morgan fingerprint density at radius 1 is 1.19 bits per heavy atom. The summed E-state index contributed by atoms with van der Waals surface area (Å²) < 4.78 is 4.59. The van der Waals surface area contributed by atoms with Gasteiger partial charge in [-0.1, -0.05) is 51.2 Å². The van der Waals surface area contributed by atoms with E-state index in [1.54, 1.807) is 12.2 Å². The van der Waals surface area contributed by atoms with Crippen molar-refractivity contribution in [3.05, 3.63) is 12.2 Å². The van der Waals surface area contributed by atoms with E-state index in [0.29, 0.717) is 32.1 Å². The van der Waals surface area contributed by atoms with Crippen molar-refractivity contribution in [3.63, 3.8) is 0 Å². The van der Waals surface area contributed by atoms with Crippen LogP contribution in [0.5, 0.6) is 0 Å². The highest BCUT2D eigenvalue weighted by molar-refractivity contribution is 5.85. The largest absolute Gasteiger partial charge is 0.469 e. The van der Waals surface area contributed by atoms with E-state index in [-0.39, 0.29) is 18.2 Å². The molecule has 3 N–H and O–H groups in total. The molecule has 27 heavy (non-hydrogen) atoms. The highest BCUT2D eigenvalue weighted by Crippen LogP contribution is 2.34. The second-order valence-corrected chi connectivity index (χ2v) is 7.53. The van der Waals surface area contributed by atoms with Gasteiger partial charge in [0.1, 0.15) is 5.78 Å². The van der Waals surface area contributed by atoms with Gasteiger partial charge in [0, 0.05) is 18.8 Å². The normalized spacial score (nSPS) is 25.1. The Balaban J connectivity index is 2.49. The quantitative estimate of drug-likeness (QED) is 0.256. The fourth-order valence-corrected chi connectivity index (χ4v) is 3.69. The van der Waals surface area contributed by atoms with E-state index in [1.165, 1.54) is 7.11 Å². The first-order valence-corrected chi connectivity index (χ1v) is 10.2. The van der Waals surface area contributed by atoms with E-state index < -0.39 is 30.1 Å². The Bertz CT molecular complexity index is 475. The van der Waals surface area contributed by atoms with Gasteiger partial charge in [-0.05, 0) is 19.3 Å². The first-order valence-electron chi connectivity index (χ1n) is 10.2. The molecular weight excluding hydrogens is 348 g/mol. The summed E-state index contributed by atoms with van der Waals surface area (Å²) >= 11 is 0. The van der Waals surface area contributed by atoms with Gasteiger partial charge in [0.25, 0.3) is 0 Å². The fraction of sp³-hybridized carbons (Fsp3) is 0.810. The molecule has 6 heteroatoms. The van der Waals surface area contributed by atoms with Crippen LogP contribution in [0.15, 0.2) is 12.2 Å². The van der Waals surface area contributed by atoms with Crippen LogP contribution in [0.1, 0.15) is 71.1 Å². The maximum atomic E-state index is 12.2. The number of rotatable bonds is 13. The molecule has 0 heterocycles. The lowest BCUT2D eigenvalue weighted by Crippen LogP contribution is -2.30. The number of ether oxygens (including phenoxy) is 1. The van der Waals surface area contributed by atoms with E-state index in [2.05, 4.69) is 11.7 Å². The van der Waals surface area contributed by atoms with Gasteiger partial charge in [-0.15, -0.1) is 0 Å². The summed E-state index contributed by atoms with van der Waals surface area (Å²) in [5, 5.41) is 30.7. The van der Waals surface area contributed by atoms with Crippen LogP contribution < -0.4 is 0 Å². The average molecular weight is 385 g/mol. The molecule has 0 spiro atoms. The van der Waals surface area contributed by atoms with E-state index in [1.807, 2.05) is 0 Å². The van der Waals surface area contributed by atoms with Gasteiger partial charge in [-0.2, -0.15) is 0 Å². The lowest BCUT2D eigenvalue weighted by molar-refractivity contribution is -0.140. The minimum Gasteiger partial charge on any atom is -0.469 e. The van der Waals surface area contributed by atoms with Gasteiger partial charge >= 0.3 is 5.97 Å². The molecule has 156 valence electrons. The molecule has 3 unspecified atom stereocenters. The van der Waals surface area contributed by atoms with Gasteiger partial charge in [-0.25, -0.2) is 0 Å². The van der Waals surface area contributed by atoms with Gasteiger partial charge in [-0.3, -0.25) is 9.59 Å². The summed E-state index contributed by atoms with van der Waals surface area (Å²) in [5.41, 5.74) is 0. The van der Waals surface area contributed by atoms with Crippen molar-refractivity contribution >= 4 is 11.8 Å². The maximum absolute atomic E-state index is 12.2. The average Bonchev–Trinajstić information content (AvgIpc) is 2.92. The van der Waals surface area contributed by atoms with Crippen molar-refractivity contribution < 1.29 is 29.6 Å². The highest BCUT2D eigenvalue weighted by atomic mass is 16.5. The lowest BCUT2D eigenvalue weighted by Gasteiger charge is -2.23. The molecule has 1 aliphatic carbocycles. The number of methoxy groups -OCH3 is 1. The molecule has 1 saturated carbocycles. The van der Waals surface area contributed by atoms with Crippen molar-refractivity contribution in [2.24, 2.45) is 11.8 Å². The Labute approximate surface area is 162 Å². The van der Waals surface area contributed by atoms with Crippen LogP contribution in [0, 0.1) is 11.8 Å². The molecule has 0 aliphatic heterocycles. The van der Waals surface area contributed by atoms with Crippen molar-refractivity contribution in [3.8, 4) is 0 Å². The third-order valence-electron chi connectivity index (χ3n) is 5.32. The fourth-order valence-electron chi connectivity index (χ4n) is 3.69. The molecule has 0 bridgehead atoms. The van der Waals surface area contributed by atoms with Crippen molar-refractivity contribution in [1.82, 2.24) is 0 Å². The predicted octanol–water partition coefficient (Wildman–Crippen LogP) is 2.53. The molecule has 1 fully saturated rings. The maximum Gasteiger partial charge on any atom is 0.305 e. The van der Waals surface area contributed by atoms with E-state index >= 15 is 0 Å². The van der Waals surface area contributed by atoms with Crippen molar-refractivity contribution in [1.29, 1.82) is 0 Å². The molecular formula is C21H36O6. The van der Waals surface area contributed by atoms with Crippen molar-refractivity contribution in [2.75, 3.05) is 7.11 Å². The molecule has 5 atom stereocenters. The highest BCUT2D eigenvalue weighted by Gasteiger charge is 2.43. The first-order chi connectivity index (χ1) is 12.9. The van der Waals surface area contributed by atoms with Gasteiger partial charge < -0.3 is 20.1 Å². The number of aliphatic hydroxyl groups excluding tert-OH is 3. The summed E-state index contributed by atoms with van der Waals surface area (Å²) in [4.78, 5) is 23.3. The molecule has 0 aromatic carbocycles. The SMILES string of the molecule is CCCCC[C@H](O)C=CC1C(C(O)CCCCCC(=O)OC)C(=O)C[C@H]1O. The third kappa shape index (κ3) is 8.54. The monoisotopic (exact) mass is 384 g/mol. The van der Waals surface area contributed by atoms with Crippen LogP contribution in [-0.4, -0.2) is 52.5 Å². The summed E-state index contributed by atoms with van der Waals surface area (Å²) in [5.74, 6) is -1.45. The molecule has 0 amide bonds. The van der Waals surface area contributed by atoms with Crippen LogP contribution in [0.25, 0.3) is 0 Å². The topological polar surface area (TPSA) is 104 Å². The smallest absolute Gasteiger partial charge is 0.305 e. The first kappa shape index (κ1) is 23.8. The number of carbonyl (C=O) groups excluding carboxylic acids is 2. The molecule has 0 aromatic heterocycles. The van der Waals surface area contributed by atoms with Gasteiger partial charge in [0.15, 0.2) is 0 Å². The molecule has 0 saturated heterocycles. The molecule has 6 nitrogen and oxygen atoms in total. The minimum absolute atomic E-state index is 0.0466. The number of aliphatic hydroxyl groups is 3. The number of esters is 1. The summed E-state index contributed by atoms with van der Waals surface area (Å²) in [6.45, 7) is 2.10. The Morgan fingerprint density at radius 2 is 1.89 bits per heavy atom. The molecule has 0 aromatic rings. The van der Waals surface area contributed by atoms with Crippen LogP contribution in [0.3, 0.4) is 0 Å². The van der Waals surface area contributed by atoms with E-state index in [4.69, 9.17) is 0 Å². The zero-order valence-electron chi connectivity index (χ0n) is 16.7. The van der Waals surface area contributed by atoms with Crippen molar-refractivity contribution in [2.45, 2.75) is 89.4 Å². The van der Waals surface area contributed by atoms with Gasteiger partial charge in [0.05, 0.1) is 31.3 Å². The van der Waals surface area contributed by atoms with E-state index in [0.717, 1.165) is 25.7 Å². The summed E-state index contributed by atoms with van der Waals surface area (Å²) in [6, 6.07) is 0. The Hall–Kier alpha value is -1.24. The Morgan fingerprint density at radius 3 is 2.56 bits per heavy atom. The van der Waals surface area contributed by atoms with Crippen LogP contribution in [-0.2, 0) is 14.3 Å². The zero-order valence-corrected chi connectivity index (χ0v) is 16.7. The molecule has 1 aliphatic rings. The number of unbranched alkanes of at least 4 members (excludes halogenated alkanes) is 4. The number of Topliss-reactive ketones (excluding diaryl/α,β-unsaturated/α-hetero) is 1. The number of hydrogen-bond donors (Lipinski definition) is 3. The Kier molecular flexibility index (Phi) is 11.5. The second-order valence-electron chi connectivity index (χ2n) is 7.53. The standard InChI is InChI=1S/C21H36O6/c1-3-4-6-9-15(22)12-13-16-18(24)14-19(25)21(16)17(23)10-7-5-8-11-20(26)27-2/h12-13,15-18,21-24H,3-11,14H2,1-2H3/t15-,16?,17?,18+,21?/m0/s1. The van der Waals surface area contributed by atoms with Crippen LogP contribution >= 0.6 is 0 Å².